The number of hydrogen-bond acceptors (Lipinski definition) is 3. The molecule has 6 heteroatoms. The number of urea groups is 1. The van der Waals surface area contributed by atoms with Crippen LogP contribution in [0, 0.1) is 11.7 Å². The molecule has 0 heterocycles. The van der Waals surface area contributed by atoms with Gasteiger partial charge in [-0.2, -0.15) is 0 Å². The average molecular weight is 322 g/mol. The number of carbonyl (C=O) groups excluding carboxylic acids is 1. The van der Waals surface area contributed by atoms with Crippen LogP contribution >= 0.6 is 0 Å². The summed E-state index contributed by atoms with van der Waals surface area (Å²) in [5.74, 6) is 0.484. The molecule has 0 bridgehead atoms. The van der Waals surface area contributed by atoms with E-state index >= 15 is 0 Å². The van der Waals surface area contributed by atoms with Crippen molar-refractivity contribution in [2.75, 3.05) is 11.9 Å². The van der Waals surface area contributed by atoms with Crippen molar-refractivity contribution in [3.63, 3.8) is 0 Å². The van der Waals surface area contributed by atoms with Gasteiger partial charge in [0.25, 0.3) is 0 Å². The van der Waals surface area contributed by atoms with E-state index in [2.05, 4.69) is 10.6 Å². The van der Waals surface area contributed by atoms with E-state index in [0.717, 1.165) is 32.1 Å². The highest BCUT2D eigenvalue weighted by molar-refractivity contribution is 5.91. The Morgan fingerprint density at radius 2 is 2.04 bits per heavy atom. The van der Waals surface area contributed by atoms with E-state index in [4.69, 9.17) is 4.74 Å². The third-order valence-electron chi connectivity index (χ3n) is 4.41. The number of carbonyl (C=O) groups is 1. The minimum absolute atomic E-state index is 0.236. The van der Waals surface area contributed by atoms with Crippen LogP contribution in [0.25, 0.3) is 0 Å². The van der Waals surface area contributed by atoms with Gasteiger partial charge in [0, 0.05) is 6.07 Å². The summed E-state index contributed by atoms with van der Waals surface area (Å²) in [5.41, 5.74) is 0.440. The Morgan fingerprint density at radius 1 is 1.26 bits per heavy atom. The monoisotopic (exact) mass is 322 g/mol. The molecule has 2 fully saturated rings. The van der Waals surface area contributed by atoms with Crippen LogP contribution in [0.1, 0.15) is 38.5 Å². The number of halogens is 1. The van der Waals surface area contributed by atoms with E-state index in [0.29, 0.717) is 30.4 Å². The normalized spacial score (nSPS) is 24.1. The minimum Gasteiger partial charge on any atom is -0.491 e. The van der Waals surface area contributed by atoms with Gasteiger partial charge < -0.3 is 20.5 Å². The molecule has 0 aliphatic heterocycles. The van der Waals surface area contributed by atoms with Gasteiger partial charge in [-0.1, -0.05) is 12.8 Å². The van der Waals surface area contributed by atoms with Crippen molar-refractivity contribution in [1.82, 2.24) is 5.32 Å². The van der Waals surface area contributed by atoms with Crippen molar-refractivity contribution in [2.45, 2.75) is 50.7 Å². The topological polar surface area (TPSA) is 70.6 Å². The Kier molecular flexibility index (Phi) is 5.00. The SMILES string of the molecule is O=C(Nc1ccc(F)cc1OCC1CC1)NC1CCCCC1O. The molecule has 5 nitrogen and oxygen atoms in total. The first-order chi connectivity index (χ1) is 11.1. The van der Waals surface area contributed by atoms with Gasteiger partial charge >= 0.3 is 6.03 Å². The molecular formula is C17H23FN2O3. The molecule has 0 spiro atoms. The third-order valence-corrected chi connectivity index (χ3v) is 4.41. The Morgan fingerprint density at radius 3 is 2.78 bits per heavy atom. The predicted octanol–water partition coefficient (Wildman–Crippen LogP) is 3.04. The van der Waals surface area contributed by atoms with Gasteiger partial charge in [-0.25, -0.2) is 9.18 Å². The summed E-state index contributed by atoms with van der Waals surface area (Å²) in [6, 6.07) is 3.43. The van der Waals surface area contributed by atoms with Crippen molar-refractivity contribution in [1.29, 1.82) is 0 Å². The van der Waals surface area contributed by atoms with Crippen molar-refractivity contribution in [3.8, 4) is 5.75 Å². The number of nitrogens with one attached hydrogen (secondary N) is 2. The smallest absolute Gasteiger partial charge is 0.319 e. The lowest BCUT2D eigenvalue weighted by molar-refractivity contribution is 0.0955. The van der Waals surface area contributed by atoms with Gasteiger partial charge in [0.05, 0.1) is 24.4 Å². The van der Waals surface area contributed by atoms with Crippen LogP contribution in [0.15, 0.2) is 18.2 Å². The fraction of sp³-hybridized carbons (Fsp3) is 0.588. The largest absolute Gasteiger partial charge is 0.491 e. The summed E-state index contributed by atoms with van der Waals surface area (Å²) in [6.07, 6.45) is 5.22. The molecule has 0 radical (unpaired) electrons. The molecule has 2 amide bonds. The molecule has 0 aromatic heterocycles. The van der Waals surface area contributed by atoms with Crippen LogP contribution in [0.2, 0.25) is 0 Å². The molecule has 1 aromatic rings. The van der Waals surface area contributed by atoms with E-state index in [-0.39, 0.29) is 6.04 Å². The first-order valence-corrected chi connectivity index (χ1v) is 8.30. The summed E-state index contributed by atoms with van der Waals surface area (Å²) in [5, 5.41) is 15.4. The quantitative estimate of drug-likeness (QED) is 0.780. The van der Waals surface area contributed by atoms with Gasteiger partial charge in [0.2, 0.25) is 0 Å². The maximum absolute atomic E-state index is 13.4. The van der Waals surface area contributed by atoms with E-state index in [9.17, 15) is 14.3 Å². The van der Waals surface area contributed by atoms with Gasteiger partial charge in [-0.3, -0.25) is 0 Å². The zero-order valence-corrected chi connectivity index (χ0v) is 13.1. The van der Waals surface area contributed by atoms with Crippen LogP contribution in [-0.4, -0.2) is 29.9 Å². The second kappa shape index (κ2) is 7.17. The fourth-order valence-electron chi connectivity index (χ4n) is 2.82. The number of amides is 2. The van der Waals surface area contributed by atoms with Gasteiger partial charge in [0.1, 0.15) is 11.6 Å². The first-order valence-electron chi connectivity index (χ1n) is 8.30. The number of rotatable bonds is 5. The van der Waals surface area contributed by atoms with Crippen molar-refractivity contribution in [2.24, 2.45) is 5.92 Å². The van der Waals surface area contributed by atoms with Crippen LogP contribution < -0.4 is 15.4 Å². The van der Waals surface area contributed by atoms with Crippen LogP contribution in [0.4, 0.5) is 14.9 Å². The maximum atomic E-state index is 13.4. The molecule has 2 aliphatic carbocycles. The zero-order valence-electron chi connectivity index (χ0n) is 13.1. The molecule has 1 aromatic carbocycles. The Hall–Kier alpha value is -1.82. The number of benzene rings is 1. The molecule has 23 heavy (non-hydrogen) atoms. The highest BCUT2D eigenvalue weighted by atomic mass is 19.1. The molecule has 2 aliphatic rings. The Balaban J connectivity index is 1.60. The molecule has 3 N–H and O–H groups in total. The second-order valence-corrected chi connectivity index (χ2v) is 6.45. The van der Waals surface area contributed by atoms with Crippen LogP contribution in [0.3, 0.4) is 0 Å². The number of aliphatic hydroxyl groups excluding tert-OH is 1. The molecule has 3 rings (SSSR count). The van der Waals surface area contributed by atoms with Crippen molar-refractivity contribution in [3.05, 3.63) is 24.0 Å². The standard InChI is InChI=1S/C17H23FN2O3/c18-12-7-8-14(16(9-12)23-10-11-5-6-11)20-17(22)19-13-3-1-2-4-15(13)21/h7-9,11,13,15,21H,1-6,10H2,(H2,19,20,22). The number of hydrogen-bond donors (Lipinski definition) is 3. The summed E-state index contributed by atoms with van der Waals surface area (Å²) >= 11 is 0. The summed E-state index contributed by atoms with van der Waals surface area (Å²) in [4.78, 5) is 12.1. The molecule has 126 valence electrons. The van der Waals surface area contributed by atoms with Gasteiger partial charge in [0.15, 0.2) is 0 Å². The first kappa shape index (κ1) is 16.1. The number of anilines is 1. The van der Waals surface area contributed by atoms with Crippen LogP contribution in [-0.2, 0) is 0 Å². The summed E-state index contributed by atoms with van der Waals surface area (Å²) < 4.78 is 19.0. The van der Waals surface area contributed by atoms with Gasteiger partial charge in [-0.05, 0) is 43.7 Å². The Labute approximate surface area is 135 Å². The lowest BCUT2D eigenvalue weighted by Gasteiger charge is -2.28. The number of ether oxygens (including phenoxy) is 1. The highest BCUT2D eigenvalue weighted by Crippen LogP contribution is 2.32. The van der Waals surface area contributed by atoms with Gasteiger partial charge in [-0.15, -0.1) is 0 Å². The Bertz CT molecular complexity index is 563. The van der Waals surface area contributed by atoms with Crippen LogP contribution in [0.5, 0.6) is 5.75 Å². The summed E-state index contributed by atoms with van der Waals surface area (Å²) in [6.45, 7) is 0.543. The lowest BCUT2D eigenvalue weighted by atomic mass is 9.93. The molecule has 2 unspecified atom stereocenters. The highest BCUT2D eigenvalue weighted by Gasteiger charge is 2.25. The predicted molar refractivity (Wildman–Crippen MR) is 85.0 cm³/mol. The van der Waals surface area contributed by atoms with E-state index in [1.54, 1.807) is 0 Å². The molecule has 2 saturated carbocycles. The summed E-state index contributed by atoms with van der Waals surface area (Å²) in [7, 11) is 0. The second-order valence-electron chi connectivity index (χ2n) is 6.45. The molecule has 2 atom stereocenters. The maximum Gasteiger partial charge on any atom is 0.319 e. The van der Waals surface area contributed by atoms with Crippen molar-refractivity contribution < 1.29 is 19.0 Å². The van der Waals surface area contributed by atoms with Crippen molar-refractivity contribution >= 4 is 11.7 Å². The van der Waals surface area contributed by atoms with E-state index in [1.165, 1.54) is 18.2 Å². The zero-order chi connectivity index (χ0) is 16.2. The van der Waals surface area contributed by atoms with E-state index in [1.807, 2.05) is 0 Å². The molecular weight excluding hydrogens is 299 g/mol. The van der Waals surface area contributed by atoms with E-state index < -0.39 is 18.0 Å². The lowest BCUT2D eigenvalue weighted by Crippen LogP contribution is -2.46. The third kappa shape index (κ3) is 4.58. The average Bonchev–Trinajstić information content (AvgIpc) is 3.34. The minimum atomic E-state index is -0.506. The number of aliphatic hydroxyl groups is 1. The molecule has 0 saturated heterocycles. The fourth-order valence-corrected chi connectivity index (χ4v) is 2.82.